The highest BCUT2D eigenvalue weighted by atomic mass is 32.2. The fourth-order valence-electron chi connectivity index (χ4n) is 4.20. The summed E-state index contributed by atoms with van der Waals surface area (Å²) in [4.78, 5) is 8.63. The Balaban J connectivity index is 1.52. The average molecular weight is 530 g/mol. The molecule has 2 aliphatic carbocycles. The van der Waals surface area contributed by atoms with Crippen LogP contribution >= 0.6 is 11.8 Å². The van der Waals surface area contributed by atoms with Crippen molar-refractivity contribution in [3.05, 3.63) is 35.1 Å². The van der Waals surface area contributed by atoms with Gasteiger partial charge in [-0.3, -0.25) is 0 Å². The summed E-state index contributed by atoms with van der Waals surface area (Å²) in [6.45, 7) is -4.38. The van der Waals surface area contributed by atoms with Gasteiger partial charge in [-0.05, 0) is 36.9 Å². The summed E-state index contributed by atoms with van der Waals surface area (Å²) < 4.78 is 108. The molecule has 2 aromatic heterocycles. The number of aliphatic hydroxyl groups excluding tert-OH is 2. The normalized spacial score (nSPS) is 33.7. The zero-order chi connectivity index (χ0) is 35.2. The van der Waals surface area contributed by atoms with Gasteiger partial charge in [0.15, 0.2) is 22.1 Å². The molecule has 1 aromatic carbocycles. The summed E-state index contributed by atoms with van der Waals surface area (Å²) in [6, 6.07) is -2.89. The molecule has 2 saturated carbocycles. The van der Waals surface area contributed by atoms with Gasteiger partial charge < -0.3 is 25.4 Å². The number of rotatable bonds is 10. The van der Waals surface area contributed by atoms with Gasteiger partial charge in [0.1, 0.15) is 18.0 Å². The maximum Gasteiger partial charge on any atom is 0.191 e. The largest absolute Gasteiger partial charge is 0.394 e. The monoisotopic (exact) mass is 529 g/mol. The molecule has 4 N–H and O–H groups in total. The Hall–Kier alpha value is -2.38. The molecule has 0 spiro atoms. The lowest BCUT2D eigenvalue weighted by atomic mass is 10.1. The molecule has 0 amide bonds. The maximum absolute atomic E-state index is 14.7. The van der Waals surface area contributed by atoms with E-state index in [2.05, 4.69) is 25.6 Å². The number of thioether (sulfide) groups is 1. The smallest absolute Gasteiger partial charge is 0.191 e. The van der Waals surface area contributed by atoms with Crippen LogP contribution in [0.4, 0.5) is 10.2 Å². The Morgan fingerprint density at radius 3 is 2.92 bits per heavy atom. The van der Waals surface area contributed by atoms with E-state index in [4.69, 9.17) is 19.8 Å². The van der Waals surface area contributed by atoms with Gasteiger partial charge in [0.05, 0.1) is 34.9 Å². The fraction of sp³-hybridized carbons (Fsp3) is 0.583. The SMILES string of the molecule is [2H]c1c([2H])c([C@@H]2C[C@H]2Nc2nc(SC([2H])([2H])C([2H])([2H])C)nc3c2nnn3[C@@H]2C[C@H](OC([2H])([2H])C([2H])([2H])O)[C@@H](O)[C@H]2O)c([2H])c(F)c1C. The first-order chi connectivity index (χ1) is 21.5. The fourth-order valence-corrected chi connectivity index (χ4v) is 4.66. The van der Waals surface area contributed by atoms with Crippen LogP contribution in [0.1, 0.15) is 64.3 Å². The van der Waals surface area contributed by atoms with Crippen molar-refractivity contribution in [3.8, 4) is 0 Å². The van der Waals surface area contributed by atoms with Gasteiger partial charge in [-0.2, -0.15) is 0 Å². The first-order valence-electron chi connectivity index (χ1n) is 16.6. The number of benzene rings is 1. The summed E-state index contributed by atoms with van der Waals surface area (Å²) in [5, 5.41) is 41.9. The number of hydrogen-bond acceptors (Lipinski definition) is 10. The Morgan fingerprint density at radius 2 is 2.14 bits per heavy atom. The van der Waals surface area contributed by atoms with Crippen LogP contribution in [0.2, 0.25) is 0 Å². The van der Waals surface area contributed by atoms with Crippen molar-refractivity contribution >= 4 is 28.7 Å². The molecule has 0 radical (unpaired) electrons. The number of fused-ring (bicyclic) bond motifs is 1. The summed E-state index contributed by atoms with van der Waals surface area (Å²) in [5.74, 6) is -1.52. The van der Waals surface area contributed by atoms with Gasteiger partial charge in [0.25, 0.3) is 0 Å². The third-order valence-corrected chi connectivity index (χ3v) is 6.83. The molecule has 0 aliphatic heterocycles. The molecule has 6 atom stereocenters. The second-order valence-corrected chi connectivity index (χ2v) is 9.26. The van der Waals surface area contributed by atoms with Crippen LogP contribution in [-0.2, 0) is 4.74 Å². The van der Waals surface area contributed by atoms with Crippen LogP contribution in [0.15, 0.2) is 23.3 Å². The summed E-state index contributed by atoms with van der Waals surface area (Å²) >= 11 is 0.341. The van der Waals surface area contributed by atoms with Crippen molar-refractivity contribution in [3.63, 3.8) is 0 Å². The quantitative estimate of drug-likeness (QED) is 0.228. The topological polar surface area (TPSA) is 138 Å². The lowest BCUT2D eigenvalue weighted by Gasteiger charge is -2.17. The molecule has 10 nitrogen and oxygen atoms in total. The van der Waals surface area contributed by atoms with E-state index in [0.717, 1.165) is 11.6 Å². The predicted molar refractivity (Wildman–Crippen MR) is 133 cm³/mol. The molecule has 2 heterocycles. The standard InChI is InChI=1S/C24H31FN6O4S/c1-3-8-36-24-27-22(26-16-10-14(16)13-5-4-12(2)15(25)9-13)19-23(28-24)31(30-29-19)17-11-18(35-7-6-32)21(34)20(17)33/h4-5,9,14,16-18,20-21,32-34H,3,6-8,10-11H2,1-2H3,(H,26,27,28)/t14-,16+,17+,18-,20-,21+/m0/s1/i3D2,4D,5D,6D2,7D2,8D2,9D. The van der Waals surface area contributed by atoms with Crippen LogP contribution < -0.4 is 5.32 Å². The lowest BCUT2D eigenvalue weighted by molar-refractivity contribution is -0.0629. The Bertz CT molecular complexity index is 1680. The van der Waals surface area contributed by atoms with Gasteiger partial charge >= 0.3 is 0 Å². The first-order valence-corrected chi connectivity index (χ1v) is 11.9. The molecule has 36 heavy (non-hydrogen) atoms. The van der Waals surface area contributed by atoms with Crippen LogP contribution in [0.25, 0.3) is 11.2 Å². The zero-order valence-electron chi connectivity index (χ0n) is 30.2. The van der Waals surface area contributed by atoms with Gasteiger partial charge in [0.2, 0.25) is 0 Å². The van der Waals surface area contributed by atoms with E-state index in [1.165, 1.54) is 6.92 Å². The molecule has 5 rings (SSSR count). The van der Waals surface area contributed by atoms with Crippen LogP contribution in [0, 0.1) is 12.7 Å². The minimum absolute atomic E-state index is 0.0240. The highest BCUT2D eigenvalue weighted by molar-refractivity contribution is 7.99. The number of hydrogen-bond donors (Lipinski definition) is 4. The van der Waals surface area contributed by atoms with Crippen LogP contribution in [0.5, 0.6) is 0 Å². The number of ether oxygens (including phenoxy) is 1. The zero-order valence-corrected chi connectivity index (χ0v) is 20.0. The average Bonchev–Trinajstić information content (AvgIpc) is 3.46. The van der Waals surface area contributed by atoms with Crippen molar-refractivity contribution < 1.29 is 39.5 Å². The molecule has 3 aromatic rings. The van der Waals surface area contributed by atoms with Gasteiger partial charge in [-0.1, -0.05) is 36.0 Å². The lowest BCUT2D eigenvalue weighted by Crippen LogP contribution is -2.33. The van der Waals surface area contributed by atoms with Crippen molar-refractivity contribution in [2.45, 2.75) is 74.5 Å². The third-order valence-electron chi connectivity index (χ3n) is 6.16. The van der Waals surface area contributed by atoms with E-state index >= 15 is 0 Å². The van der Waals surface area contributed by atoms with Crippen LogP contribution in [-0.4, -0.2) is 83.5 Å². The molecule has 194 valence electrons. The number of nitrogens with zero attached hydrogens (tertiary/aromatic N) is 5. The highest BCUT2D eigenvalue weighted by Gasteiger charge is 2.45. The van der Waals surface area contributed by atoms with Gasteiger partial charge in [0, 0.05) is 29.6 Å². The summed E-state index contributed by atoms with van der Waals surface area (Å²) in [6.07, 6.45) is -7.40. The first kappa shape index (κ1) is 15.1. The van der Waals surface area contributed by atoms with E-state index in [9.17, 15) is 19.7 Å². The van der Waals surface area contributed by atoms with E-state index in [0.29, 0.717) is 18.2 Å². The molecule has 0 saturated heterocycles. The maximum atomic E-state index is 14.7. The molecule has 0 unspecified atom stereocenters. The minimum atomic E-state index is -3.45. The molecular weight excluding hydrogens is 487 g/mol. The van der Waals surface area contributed by atoms with Gasteiger partial charge in [-0.15, -0.1) is 5.10 Å². The molecule has 2 aliphatic rings. The molecule has 12 heteroatoms. The van der Waals surface area contributed by atoms with E-state index in [-0.39, 0.29) is 51.8 Å². The number of anilines is 1. The molecule has 2 fully saturated rings. The molecule has 0 bridgehead atoms. The number of halogens is 1. The van der Waals surface area contributed by atoms with Crippen molar-refractivity contribution in [2.75, 3.05) is 24.1 Å². The van der Waals surface area contributed by atoms with E-state index in [1.807, 2.05) is 0 Å². The third kappa shape index (κ3) is 4.92. The van der Waals surface area contributed by atoms with E-state index in [1.54, 1.807) is 0 Å². The summed E-state index contributed by atoms with van der Waals surface area (Å²) in [5.41, 5.74) is -2.80. The van der Waals surface area contributed by atoms with Gasteiger partial charge in [-0.25, -0.2) is 19.0 Å². The second-order valence-electron chi connectivity index (χ2n) is 8.49. The van der Waals surface area contributed by atoms with Crippen molar-refractivity contribution in [1.82, 2.24) is 25.0 Å². The highest BCUT2D eigenvalue weighted by Crippen LogP contribution is 2.44. The number of aliphatic hydroxyl groups is 3. The van der Waals surface area contributed by atoms with Crippen LogP contribution in [0.3, 0.4) is 0 Å². The minimum Gasteiger partial charge on any atom is -0.394 e. The Kier molecular flexibility index (Phi) is 4.43. The number of nitrogens with one attached hydrogen (secondary N) is 1. The Labute approximate surface area is 227 Å². The van der Waals surface area contributed by atoms with Crippen molar-refractivity contribution in [2.24, 2.45) is 0 Å². The van der Waals surface area contributed by atoms with Crippen molar-refractivity contribution in [1.29, 1.82) is 0 Å². The molecular formula is C24H31FN6O4S. The van der Waals surface area contributed by atoms with E-state index < -0.39 is 73.4 Å². The second kappa shape index (κ2) is 10.5. The Morgan fingerprint density at radius 1 is 1.31 bits per heavy atom. The number of aromatic nitrogens is 5. The summed E-state index contributed by atoms with van der Waals surface area (Å²) in [7, 11) is 0. The predicted octanol–water partition coefficient (Wildman–Crippen LogP) is 2.18.